The van der Waals surface area contributed by atoms with Gasteiger partial charge in [0.2, 0.25) is 0 Å². The molecular formula is C15H24ClFN2. The molecule has 4 heteroatoms. The van der Waals surface area contributed by atoms with E-state index in [4.69, 9.17) is 17.4 Å². The summed E-state index contributed by atoms with van der Waals surface area (Å²) in [7, 11) is 0. The summed E-state index contributed by atoms with van der Waals surface area (Å²) in [5, 5.41) is 0.564. The number of nitrogens with two attached hydrogens (primary N) is 1. The second-order valence-electron chi connectivity index (χ2n) is 5.02. The van der Waals surface area contributed by atoms with Crippen LogP contribution in [0.1, 0.15) is 45.1 Å². The third kappa shape index (κ3) is 5.09. The third-order valence-electron chi connectivity index (χ3n) is 3.68. The summed E-state index contributed by atoms with van der Waals surface area (Å²) < 4.78 is 13.8. The minimum absolute atomic E-state index is 0.0875. The molecule has 1 aromatic carbocycles. The van der Waals surface area contributed by atoms with Crippen LogP contribution in [0.4, 0.5) is 4.39 Å². The molecule has 2 atom stereocenters. The molecule has 0 fully saturated rings. The Balaban J connectivity index is 2.76. The van der Waals surface area contributed by atoms with Crippen LogP contribution in [0.25, 0.3) is 0 Å². The van der Waals surface area contributed by atoms with Crippen molar-refractivity contribution in [3.63, 3.8) is 0 Å². The second-order valence-corrected chi connectivity index (χ2v) is 5.46. The highest BCUT2D eigenvalue weighted by Gasteiger charge is 2.20. The number of hydrazine groups is 1. The maximum Gasteiger partial charge on any atom is 0.126 e. The van der Waals surface area contributed by atoms with Crippen molar-refractivity contribution >= 4 is 11.6 Å². The Morgan fingerprint density at radius 3 is 2.68 bits per heavy atom. The van der Waals surface area contributed by atoms with E-state index >= 15 is 0 Å². The van der Waals surface area contributed by atoms with Crippen LogP contribution in [0.15, 0.2) is 18.2 Å². The average Bonchev–Trinajstić information content (AvgIpc) is 2.41. The summed E-state index contributed by atoms with van der Waals surface area (Å²) in [6.45, 7) is 4.33. The van der Waals surface area contributed by atoms with Crippen LogP contribution in [0.2, 0.25) is 5.02 Å². The number of unbranched alkanes of at least 4 members (excludes halogenated alkanes) is 1. The van der Waals surface area contributed by atoms with Crippen LogP contribution < -0.4 is 11.3 Å². The van der Waals surface area contributed by atoms with Gasteiger partial charge < -0.3 is 0 Å². The van der Waals surface area contributed by atoms with Crippen molar-refractivity contribution in [2.75, 3.05) is 0 Å². The van der Waals surface area contributed by atoms with Gasteiger partial charge in [-0.15, -0.1) is 0 Å². The summed E-state index contributed by atoms with van der Waals surface area (Å²) >= 11 is 5.92. The SMILES string of the molecule is CCCCC(CC)C(Cc1cc(Cl)ccc1F)NN. The lowest BCUT2D eigenvalue weighted by Crippen LogP contribution is -2.42. The first kappa shape index (κ1) is 16.4. The normalized spacial score (nSPS) is 14.4. The minimum Gasteiger partial charge on any atom is -0.271 e. The quantitative estimate of drug-likeness (QED) is 0.558. The topological polar surface area (TPSA) is 38.0 Å². The largest absolute Gasteiger partial charge is 0.271 e. The molecule has 0 aliphatic carbocycles. The minimum atomic E-state index is -0.213. The predicted octanol–water partition coefficient (Wildman–Crippen LogP) is 4.07. The van der Waals surface area contributed by atoms with Crippen LogP contribution in [-0.4, -0.2) is 6.04 Å². The van der Waals surface area contributed by atoms with Crippen molar-refractivity contribution in [2.45, 2.75) is 52.0 Å². The zero-order valence-electron chi connectivity index (χ0n) is 11.8. The van der Waals surface area contributed by atoms with E-state index in [0.717, 1.165) is 12.8 Å². The van der Waals surface area contributed by atoms with Gasteiger partial charge in [0.1, 0.15) is 5.82 Å². The second kappa shape index (κ2) is 8.51. The summed E-state index contributed by atoms with van der Waals surface area (Å²) in [6.07, 6.45) is 5.07. The zero-order chi connectivity index (χ0) is 14.3. The average molecular weight is 287 g/mol. The van der Waals surface area contributed by atoms with E-state index in [1.165, 1.54) is 18.9 Å². The van der Waals surface area contributed by atoms with Gasteiger partial charge in [-0.1, -0.05) is 44.7 Å². The Kier molecular flexibility index (Phi) is 7.36. The number of hydrogen-bond donors (Lipinski definition) is 2. The van der Waals surface area contributed by atoms with Crippen LogP contribution in [0, 0.1) is 11.7 Å². The molecule has 1 rings (SSSR count). The summed E-state index contributed by atoms with van der Waals surface area (Å²) in [6, 6.07) is 4.76. The lowest BCUT2D eigenvalue weighted by Gasteiger charge is -2.26. The maximum absolute atomic E-state index is 13.8. The molecule has 0 aliphatic rings. The van der Waals surface area contributed by atoms with E-state index in [1.807, 2.05) is 0 Å². The van der Waals surface area contributed by atoms with Gasteiger partial charge in [0.15, 0.2) is 0 Å². The fourth-order valence-electron chi connectivity index (χ4n) is 2.45. The lowest BCUT2D eigenvalue weighted by molar-refractivity contribution is 0.316. The van der Waals surface area contributed by atoms with Crippen LogP contribution in [-0.2, 0) is 6.42 Å². The van der Waals surface area contributed by atoms with Crippen molar-refractivity contribution in [3.05, 3.63) is 34.6 Å². The number of hydrogen-bond acceptors (Lipinski definition) is 2. The van der Waals surface area contributed by atoms with Crippen LogP contribution in [0.5, 0.6) is 0 Å². The summed E-state index contributed by atoms with van der Waals surface area (Å²) in [4.78, 5) is 0. The molecule has 0 saturated heterocycles. The zero-order valence-corrected chi connectivity index (χ0v) is 12.5. The van der Waals surface area contributed by atoms with Crippen molar-refractivity contribution < 1.29 is 4.39 Å². The first-order valence-corrected chi connectivity index (χ1v) is 7.40. The van der Waals surface area contributed by atoms with Gasteiger partial charge in [0.05, 0.1) is 0 Å². The van der Waals surface area contributed by atoms with Gasteiger partial charge in [-0.3, -0.25) is 11.3 Å². The highest BCUT2D eigenvalue weighted by atomic mass is 35.5. The standard InChI is InChI=1S/C15H24ClFN2/c1-3-5-6-11(4-2)15(19-18)10-12-9-13(16)7-8-14(12)17/h7-9,11,15,19H,3-6,10,18H2,1-2H3. The number of nitrogens with one attached hydrogen (secondary N) is 1. The Morgan fingerprint density at radius 1 is 1.37 bits per heavy atom. The molecule has 0 saturated carbocycles. The van der Waals surface area contributed by atoms with Gasteiger partial charge >= 0.3 is 0 Å². The molecule has 0 bridgehead atoms. The van der Waals surface area contributed by atoms with Gasteiger partial charge in [-0.2, -0.15) is 0 Å². The monoisotopic (exact) mass is 286 g/mol. The summed E-state index contributed by atoms with van der Waals surface area (Å²) in [5.74, 6) is 5.90. The predicted molar refractivity (Wildman–Crippen MR) is 79.5 cm³/mol. The van der Waals surface area contributed by atoms with Gasteiger partial charge in [-0.25, -0.2) is 4.39 Å². The summed E-state index contributed by atoms with van der Waals surface area (Å²) in [5.41, 5.74) is 3.48. The van der Waals surface area contributed by atoms with Crippen molar-refractivity contribution in [1.82, 2.24) is 5.43 Å². The van der Waals surface area contributed by atoms with Crippen molar-refractivity contribution in [1.29, 1.82) is 0 Å². The Bertz CT molecular complexity index is 384. The molecule has 19 heavy (non-hydrogen) atoms. The Labute approximate surface area is 120 Å². The number of benzene rings is 1. The number of rotatable bonds is 8. The molecule has 0 aromatic heterocycles. The first-order chi connectivity index (χ1) is 9.12. The maximum atomic E-state index is 13.8. The molecule has 3 N–H and O–H groups in total. The van der Waals surface area contributed by atoms with E-state index in [-0.39, 0.29) is 11.9 Å². The fourth-order valence-corrected chi connectivity index (χ4v) is 2.65. The molecular weight excluding hydrogens is 263 g/mol. The molecule has 2 nitrogen and oxygen atoms in total. The molecule has 0 aliphatic heterocycles. The molecule has 1 aromatic rings. The van der Waals surface area contributed by atoms with Gasteiger partial charge in [0, 0.05) is 11.1 Å². The fraction of sp³-hybridized carbons (Fsp3) is 0.600. The van der Waals surface area contributed by atoms with E-state index in [0.29, 0.717) is 22.9 Å². The Morgan fingerprint density at radius 2 is 2.11 bits per heavy atom. The van der Waals surface area contributed by atoms with Gasteiger partial charge in [-0.05, 0) is 42.5 Å². The van der Waals surface area contributed by atoms with E-state index in [2.05, 4.69) is 19.3 Å². The lowest BCUT2D eigenvalue weighted by atomic mass is 9.88. The van der Waals surface area contributed by atoms with Crippen molar-refractivity contribution in [2.24, 2.45) is 11.8 Å². The Hall–Kier alpha value is -0.640. The highest BCUT2D eigenvalue weighted by molar-refractivity contribution is 6.30. The molecule has 108 valence electrons. The van der Waals surface area contributed by atoms with Crippen LogP contribution in [0.3, 0.4) is 0 Å². The highest BCUT2D eigenvalue weighted by Crippen LogP contribution is 2.22. The molecule has 0 spiro atoms. The molecule has 0 radical (unpaired) electrons. The molecule has 0 heterocycles. The van der Waals surface area contributed by atoms with Crippen molar-refractivity contribution in [3.8, 4) is 0 Å². The van der Waals surface area contributed by atoms with Crippen LogP contribution >= 0.6 is 11.6 Å². The number of halogens is 2. The van der Waals surface area contributed by atoms with E-state index < -0.39 is 0 Å². The first-order valence-electron chi connectivity index (χ1n) is 7.02. The molecule has 2 unspecified atom stereocenters. The smallest absolute Gasteiger partial charge is 0.126 e. The molecule has 0 amide bonds. The van der Waals surface area contributed by atoms with Gasteiger partial charge in [0.25, 0.3) is 0 Å². The van der Waals surface area contributed by atoms with E-state index in [9.17, 15) is 4.39 Å². The van der Waals surface area contributed by atoms with E-state index in [1.54, 1.807) is 12.1 Å². The third-order valence-corrected chi connectivity index (χ3v) is 3.92.